The molecule has 1 aliphatic carbocycles. The van der Waals surface area contributed by atoms with E-state index in [4.69, 9.17) is 5.73 Å². The highest BCUT2D eigenvalue weighted by Crippen LogP contribution is 2.38. The first kappa shape index (κ1) is 14.2. The number of nitrogens with two attached hydrogens (primary N) is 1. The van der Waals surface area contributed by atoms with Crippen molar-refractivity contribution in [3.8, 4) is 0 Å². The first-order chi connectivity index (χ1) is 9.15. The fourth-order valence-corrected chi connectivity index (χ4v) is 3.09. The Morgan fingerprint density at radius 3 is 2.53 bits per heavy atom. The third kappa shape index (κ3) is 3.63. The Labute approximate surface area is 114 Å². The number of Topliss-reactive ketones (excluding diaryl/α,β-unsaturated/α-hetero) is 1. The number of hydrogen-bond acceptors (Lipinski definition) is 2. The molecule has 0 aliphatic heterocycles. The summed E-state index contributed by atoms with van der Waals surface area (Å²) in [6.45, 7) is 0.565. The molecule has 2 rings (SSSR count). The van der Waals surface area contributed by atoms with Crippen molar-refractivity contribution >= 4 is 5.78 Å². The van der Waals surface area contributed by atoms with Crippen LogP contribution in [0.2, 0.25) is 0 Å². The quantitative estimate of drug-likeness (QED) is 0.886. The minimum atomic E-state index is -0.290. The van der Waals surface area contributed by atoms with E-state index in [1.807, 2.05) is 0 Å². The van der Waals surface area contributed by atoms with Crippen LogP contribution in [0.1, 0.15) is 44.1 Å². The topological polar surface area (TPSA) is 43.1 Å². The Bertz CT molecular complexity index is 438. The van der Waals surface area contributed by atoms with E-state index < -0.39 is 0 Å². The zero-order chi connectivity index (χ0) is 13.7. The van der Waals surface area contributed by atoms with Crippen molar-refractivity contribution in [3.63, 3.8) is 0 Å². The van der Waals surface area contributed by atoms with Crippen molar-refractivity contribution in [2.24, 2.45) is 11.1 Å². The van der Waals surface area contributed by atoms with Gasteiger partial charge >= 0.3 is 0 Å². The molecule has 0 atom stereocenters. The monoisotopic (exact) mass is 263 g/mol. The third-order valence-electron chi connectivity index (χ3n) is 4.26. The first-order valence-corrected chi connectivity index (χ1v) is 7.10. The lowest BCUT2D eigenvalue weighted by atomic mass is 9.70. The minimum Gasteiger partial charge on any atom is -0.330 e. The largest absolute Gasteiger partial charge is 0.330 e. The third-order valence-corrected chi connectivity index (χ3v) is 4.26. The summed E-state index contributed by atoms with van der Waals surface area (Å²) in [6, 6.07) is 6.50. The molecule has 1 saturated carbocycles. The molecule has 19 heavy (non-hydrogen) atoms. The van der Waals surface area contributed by atoms with E-state index in [1.165, 1.54) is 12.5 Å². The first-order valence-electron chi connectivity index (χ1n) is 7.10. The van der Waals surface area contributed by atoms with E-state index in [2.05, 4.69) is 0 Å². The van der Waals surface area contributed by atoms with Crippen molar-refractivity contribution in [3.05, 3.63) is 35.6 Å². The van der Waals surface area contributed by atoms with Gasteiger partial charge in [0, 0.05) is 12.8 Å². The zero-order valence-corrected chi connectivity index (χ0v) is 11.3. The van der Waals surface area contributed by atoms with E-state index in [0.717, 1.165) is 25.7 Å². The smallest absolute Gasteiger partial charge is 0.137 e. The summed E-state index contributed by atoms with van der Waals surface area (Å²) in [5.41, 5.74) is 6.35. The number of carbonyl (C=O) groups is 1. The van der Waals surface area contributed by atoms with Crippen LogP contribution < -0.4 is 5.73 Å². The SMILES string of the molecule is NCC1(CC(=O)Cc2ccccc2F)CCCCC1. The number of halogens is 1. The molecular formula is C16H22FNO. The second-order valence-electron chi connectivity index (χ2n) is 5.75. The van der Waals surface area contributed by atoms with Gasteiger partial charge in [-0.05, 0) is 36.4 Å². The summed E-state index contributed by atoms with van der Waals surface area (Å²) in [5, 5.41) is 0. The van der Waals surface area contributed by atoms with Gasteiger partial charge in [0.2, 0.25) is 0 Å². The molecule has 1 aromatic rings. The molecule has 0 spiro atoms. The van der Waals surface area contributed by atoms with Crippen LogP contribution >= 0.6 is 0 Å². The second-order valence-corrected chi connectivity index (χ2v) is 5.75. The summed E-state index contributed by atoms with van der Waals surface area (Å²) in [5.74, 6) is -0.182. The van der Waals surface area contributed by atoms with E-state index in [-0.39, 0.29) is 23.4 Å². The van der Waals surface area contributed by atoms with Gasteiger partial charge in [0.05, 0.1) is 0 Å². The molecule has 0 aromatic heterocycles. The predicted molar refractivity (Wildman–Crippen MR) is 74.3 cm³/mol. The Hall–Kier alpha value is -1.22. The number of ketones is 1. The normalized spacial score (nSPS) is 18.2. The van der Waals surface area contributed by atoms with Crippen LogP contribution in [-0.4, -0.2) is 12.3 Å². The number of benzene rings is 1. The van der Waals surface area contributed by atoms with E-state index in [1.54, 1.807) is 18.2 Å². The molecule has 3 heteroatoms. The van der Waals surface area contributed by atoms with Gasteiger partial charge in [-0.25, -0.2) is 4.39 Å². The number of hydrogen-bond donors (Lipinski definition) is 1. The molecule has 0 heterocycles. The molecule has 0 bridgehead atoms. The fourth-order valence-electron chi connectivity index (χ4n) is 3.09. The van der Waals surface area contributed by atoms with Gasteiger partial charge in [-0.15, -0.1) is 0 Å². The predicted octanol–water partition coefficient (Wildman–Crippen LogP) is 3.24. The van der Waals surface area contributed by atoms with Crippen LogP contribution in [-0.2, 0) is 11.2 Å². The molecule has 0 amide bonds. The summed E-state index contributed by atoms with van der Waals surface area (Å²) >= 11 is 0. The van der Waals surface area contributed by atoms with Crippen molar-refractivity contribution in [1.29, 1.82) is 0 Å². The average Bonchev–Trinajstić information content (AvgIpc) is 2.42. The zero-order valence-electron chi connectivity index (χ0n) is 11.3. The lowest BCUT2D eigenvalue weighted by Gasteiger charge is -2.35. The van der Waals surface area contributed by atoms with Gasteiger partial charge in [-0.2, -0.15) is 0 Å². The lowest BCUT2D eigenvalue weighted by molar-refractivity contribution is -0.121. The molecule has 0 saturated heterocycles. The van der Waals surface area contributed by atoms with Crippen molar-refractivity contribution in [2.45, 2.75) is 44.9 Å². The molecule has 1 aromatic carbocycles. The molecular weight excluding hydrogens is 241 g/mol. The highest BCUT2D eigenvalue weighted by atomic mass is 19.1. The van der Waals surface area contributed by atoms with Crippen molar-refractivity contribution < 1.29 is 9.18 Å². The average molecular weight is 263 g/mol. The van der Waals surface area contributed by atoms with E-state index in [9.17, 15) is 9.18 Å². The summed E-state index contributed by atoms with van der Waals surface area (Å²) in [7, 11) is 0. The molecule has 104 valence electrons. The summed E-state index contributed by atoms with van der Waals surface area (Å²) in [4.78, 5) is 12.2. The van der Waals surface area contributed by atoms with Gasteiger partial charge in [-0.3, -0.25) is 4.79 Å². The van der Waals surface area contributed by atoms with Crippen molar-refractivity contribution in [2.75, 3.05) is 6.54 Å². The Morgan fingerprint density at radius 1 is 1.21 bits per heavy atom. The van der Waals surface area contributed by atoms with Crippen LogP contribution in [0.5, 0.6) is 0 Å². The van der Waals surface area contributed by atoms with Crippen LogP contribution in [0.4, 0.5) is 4.39 Å². The van der Waals surface area contributed by atoms with Gasteiger partial charge in [-0.1, -0.05) is 37.5 Å². The number of carbonyl (C=O) groups excluding carboxylic acids is 1. The van der Waals surface area contributed by atoms with Crippen LogP contribution in [0.3, 0.4) is 0 Å². The van der Waals surface area contributed by atoms with Crippen molar-refractivity contribution in [1.82, 2.24) is 0 Å². The van der Waals surface area contributed by atoms with Crippen LogP contribution in [0.15, 0.2) is 24.3 Å². The van der Waals surface area contributed by atoms with Crippen LogP contribution in [0.25, 0.3) is 0 Å². The Morgan fingerprint density at radius 2 is 1.89 bits per heavy atom. The van der Waals surface area contributed by atoms with E-state index in [0.29, 0.717) is 18.5 Å². The summed E-state index contributed by atoms with van der Waals surface area (Å²) < 4.78 is 13.5. The lowest BCUT2D eigenvalue weighted by Crippen LogP contribution is -2.35. The molecule has 1 fully saturated rings. The Balaban J connectivity index is 1.98. The molecule has 0 unspecified atom stereocenters. The minimum absolute atomic E-state index is 0.0272. The molecule has 1 aliphatic rings. The maximum absolute atomic E-state index is 13.5. The maximum Gasteiger partial charge on any atom is 0.137 e. The maximum atomic E-state index is 13.5. The molecule has 0 radical (unpaired) electrons. The van der Waals surface area contributed by atoms with Crippen LogP contribution in [0, 0.1) is 11.2 Å². The number of rotatable bonds is 5. The second kappa shape index (κ2) is 6.29. The fraction of sp³-hybridized carbons (Fsp3) is 0.562. The van der Waals surface area contributed by atoms with Gasteiger partial charge in [0.25, 0.3) is 0 Å². The molecule has 2 N–H and O–H groups in total. The highest BCUT2D eigenvalue weighted by Gasteiger charge is 2.32. The van der Waals surface area contributed by atoms with E-state index >= 15 is 0 Å². The van der Waals surface area contributed by atoms with Gasteiger partial charge in [0.1, 0.15) is 11.6 Å². The van der Waals surface area contributed by atoms with Gasteiger partial charge < -0.3 is 5.73 Å². The summed E-state index contributed by atoms with van der Waals surface area (Å²) in [6.07, 6.45) is 6.31. The standard InChI is InChI=1S/C16H22FNO/c17-15-7-3-2-6-13(15)10-14(19)11-16(12-18)8-4-1-5-9-16/h2-3,6-7H,1,4-5,8-12,18H2. The van der Waals surface area contributed by atoms with Gasteiger partial charge in [0.15, 0.2) is 0 Å². The molecule has 2 nitrogen and oxygen atoms in total. The highest BCUT2D eigenvalue weighted by molar-refractivity contribution is 5.81. The Kier molecular flexibility index (Phi) is 4.70.